The van der Waals surface area contributed by atoms with Crippen LogP contribution in [0.2, 0.25) is 0 Å². The molecule has 1 aliphatic carbocycles. The van der Waals surface area contributed by atoms with E-state index < -0.39 is 23.0 Å². The van der Waals surface area contributed by atoms with Crippen molar-refractivity contribution in [2.24, 2.45) is 19.5 Å². The normalized spacial score (nSPS) is 15.9. The van der Waals surface area contributed by atoms with Gasteiger partial charge in [-0.2, -0.15) is 17.7 Å². The molecule has 6 nitrogen and oxygen atoms in total. The molecular formula is C22H21F3N3O3+. The van der Waals surface area contributed by atoms with E-state index in [0.717, 1.165) is 16.7 Å². The van der Waals surface area contributed by atoms with Crippen molar-refractivity contribution >= 4 is 16.8 Å². The maximum atomic E-state index is 13.1. The van der Waals surface area contributed by atoms with Crippen molar-refractivity contribution in [1.82, 2.24) is 9.13 Å². The van der Waals surface area contributed by atoms with Gasteiger partial charge in [0.15, 0.2) is 5.78 Å². The second-order valence-corrected chi connectivity index (χ2v) is 8.80. The molecule has 31 heavy (non-hydrogen) atoms. The van der Waals surface area contributed by atoms with Crippen LogP contribution < -0.4 is 16.2 Å². The molecule has 4 rings (SSSR count). The summed E-state index contributed by atoms with van der Waals surface area (Å²) < 4.78 is 41.4. The number of ketones is 1. The molecule has 0 radical (unpaired) electrons. The minimum absolute atomic E-state index is 0.0937. The van der Waals surface area contributed by atoms with E-state index >= 15 is 0 Å². The van der Waals surface area contributed by atoms with Crippen molar-refractivity contribution in [2.45, 2.75) is 32.9 Å². The fourth-order valence-corrected chi connectivity index (χ4v) is 4.32. The van der Waals surface area contributed by atoms with Crippen LogP contribution >= 0.6 is 0 Å². The number of alkyl halides is 3. The molecule has 0 saturated carbocycles. The summed E-state index contributed by atoms with van der Waals surface area (Å²) in [4.78, 5) is 41.8. The Kier molecular flexibility index (Phi) is 4.50. The molecule has 0 spiro atoms. The molecule has 0 aliphatic heterocycles. The minimum Gasteiger partial charge on any atom is -0.294 e. The van der Waals surface area contributed by atoms with Gasteiger partial charge >= 0.3 is 11.9 Å². The molecule has 1 aromatic carbocycles. The van der Waals surface area contributed by atoms with Gasteiger partial charge in [-0.25, -0.2) is 14.3 Å². The highest BCUT2D eigenvalue weighted by Crippen LogP contribution is 2.40. The first kappa shape index (κ1) is 21.0. The molecule has 0 saturated heterocycles. The molecule has 9 heteroatoms. The Bertz CT molecular complexity index is 1360. The van der Waals surface area contributed by atoms with Crippen molar-refractivity contribution < 1.29 is 22.9 Å². The lowest BCUT2D eigenvalue weighted by atomic mass is 9.73. The van der Waals surface area contributed by atoms with Crippen molar-refractivity contribution in [2.75, 3.05) is 0 Å². The average molecular weight is 432 g/mol. The van der Waals surface area contributed by atoms with E-state index in [1.165, 1.54) is 30.8 Å². The monoisotopic (exact) mass is 432 g/mol. The number of aromatic amines is 1. The van der Waals surface area contributed by atoms with Gasteiger partial charge in [-0.3, -0.25) is 9.59 Å². The van der Waals surface area contributed by atoms with Crippen LogP contribution in [0, 0.1) is 5.41 Å². The number of carbonyl (C=O) groups excluding carboxylic acids is 1. The first-order valence-electron chi connectivity index (χ1n) is 9.70. The van der Waals surface area contributed by atoms with Crippen LogP contribution in [0.1, 0.15) is 41.9 Å². The molecule has 1 N–H and O–H groups in total. The highest BCUT2D eigenvalue weighted by molar-refractivity contribution is 6.09. The van der Waals surface area contributed by atoms with Gasteiger partial charge in [-0.05, 0) is 23.1 Å². The topological polar surface area (TPSA) is 75.2 Å². The number of hydrogen-bond donors (Lipinski definition) is 0. The van der Waals surface area contributed by atoms with Gasteiger partial charge < -0.3 is 0 Å². The fourth-order valence-electron chi connectivity index (χ4n) is 4.32. The van der Waals surface area contributed by atoms with Crippen LogP contribution in [0.15, 0.2) is 33.9 Å². The highest BCUT2D eigenvalue weighted by atomic mass is 19.4. The number of halogens is 3. The Balaban J connectivity index is 2.17. The molecule has 0 bridgehead atoms. The minimum atomic E-state index is -4.51. The van der Waals surface area contributed by atoms with Gasteiger partial charge in [0.25, 0.3) is 11.2 Å². The zero-order chi connectivity index (χ0) is 22.9. The van der Waals surface area contributed by atoms with E-state index in [1.807, 2.05) is 13.8 Å². The molecule has 162 valence electrons. The maximum Gasteiger partial charge on any atom is 0.417 e. The van der Waals surface area contributed by atoms with Crippen LogP contribution in [0.5, 0.6) is 0 Å². The number of nitrogens with one attached hydrogen (secondary N) is 1. The van der Waals surface area contributed by atoms with Crippen LogP contribution in [-0.4, -0.2) is 14.9 Å². The van der Waals surface area contributed by atoms with Crippen LogP contribution in [-0.2, 0) is 26.7 Å². The number of H-pyrrole nitrogens is 1. The van der Waals surface area contributed by atoms with Gasteiger partial charge in [0, 0.05) is 25.5 Å². The number of rotatable bonds is 1. The third-order valence-electron chi connectivity index (χ3n) is 5.81. The smallest absolute Gasteiger partial charge is 0.294 e. The zero-order valence-electron chi connectivity index (χ0n) is 17.5. The molecule has 0 unspecified atom stereocenters. The molecule has 2 aromatic heterocycles. The zero-order valence-corrected chi connectivity index (χ0v) is 17.5. The second kappa shape index (κ2) is 6.63. The Hall–Kier alpha value is -3.23. The summed E-state index contributed by atoms with van der Waals surface area (Å²) >= 11 is 0. The predicted molar refractivity (Wildman–Crippen MR) is 108 cm³/mol. The number of pyridine rings is 1. The van der Waals surface area contributed by atoms with Gasteiger partial charge in [0.1, 0.15) is 11.1 Å². The lowest BCUT2D eigenvalue weighted by molar-refractivity contribution is -0.365. The van der Waals surface area contributed by atoms with Crippen molar-refractivity contribution in [3.63, 3.8) is 0 Å². The van der Waals surface area contributed by atoms with Crippen LogP contribution in [0.3, 0.4) is 0 Å². The third-order valence-corrected chi connectivity index (χ3v) is 5.81. The van der Waals surface area contributed by atoms with Crippen molar-refractivity contribution in [3.8, 4) is 11.1 Å². The van der Waals surface area contributed by atoms with E-state index in [4.69, 9.17) is 0 Å². The van der Waals surface area contributed by atoms with Crippen LogP contribution in [0.4, 0.5) is 13.2 Å². The number of aryl methyl sites for hydroxylation is 1. The van der Waals surface area contributed by atoms with Crippen molar-refractivity contribution in [3.05, 3.63) is 61.9 Å². The van der Waals surface area contributed by atoms with E-state index in [9.17, 15) is 27.6 Å². The lowest BCUT2D eigenvalue weighted by Crippen LogP contribution is -2.42. The molecule has 0 atom stereocenters. The second-order valence-electron chi connectivity index (χ2n) is 8.80. The number of Topliss-reactive ketones (excluding diaryl/α,β-unsaturated/α-hetero) is 1. The van der Waals surface area contributed by atoms with Gasteiger partial charge in [0.05, 0.1) is 18.2 Å². The summed E-state index contributed by atoms with van der Waals surface area (Å²) in [6.45, 7) is 3.87. The Morgan fingerprint density at radius 1 is 0.935 bits per heavy atom. The summed E-state index contributed by atoms with van der Waals surface area (Å²) in [5.41, 5.74) is -0.685. The summed E-state index contributed by atoms with van der Waals surface area (Å²) in [5.74, 6) is -0.199. The molecule has 2 heterocycles. The van der Waals surface area contributed by atoms with E-state index in [1.54, 1.807) is 0 Å². The number of benzene rings is 1. The highest BCUT2D eigenvalue weighted by Gasteiger charge is 2.38. The summed E-state index contributed by atoms with van der Waals surface area (Å²) in [5, 5.41) is 0.0937. The number of aromatic nitrogens is 3. The van der Waals surface area contributed by atoms with E-state index in [0.29, 0.717) is 23.2 Å². The number of nitrogens with zero attached hydrogens (tertiary/aromatic N) is 2. The van der Waals surface area contributed by atoms with E-state index in [2.05, 4.69) is 4.98 Å². The lowest BCUT2D eigenvalue weighted by Gasteiger charge is -2.29. The summed E-state index contributed by atoms with van der Waals surface area (Å²) in [6, 6.07) is 4.37. The maximum absolute atomic E-state index is 13.1. The fraction of sp³-hybridized carbons (Fsp3) is 0.364. The van der Waals surface area contributed by atoms with Gasteiger partial charge in [-0.1, -0.05) is 26.0 Å². The SMILES string of the molecule is Cn1c(=O)c2c(-c3ccc(C(F)(F)F)cc3)c3c([nH+]c2n(C)c1=O)CC(C)(C)CC3=O. The molecule has 0 amide bonds. The largest absolute Gasteiger partial charge is 0.417 e. The molecule has 1 aliphatic rings. The number of hydrogen-bond acceptors (Lipinski definition) is 3. The Morgan fingerprint density at radius 3 is 2.13 bits per heavy atom. The average Bonchev–Trinajstić information content (AvgIpc) is 2.67. The van der Waals surface area contributed by atoms with Crippen molar-refractivity contribution in [1.29, 1.82) is 0 Å². The molecule has 3 aromatic rings. The van der Waals surface area contributed by atoms with Gasteiger partial charge in [-0.15, -0.1) is 0 Å². The predicted octanol–water partition coefficient (Wildman–Crippen LogP) is 2.89. The molecule has 0 fully saturated rings. The number of carbonyl (C=O) groups is 1. The van der Waals surface area contributed by atoms with E-state index in [-0.39, 0.29) is 34.2 Å². The summed E-state index contributed by atoms with van der Waals surface area (Å²) in [7, 11) is 2.82. The van der Waals surface area contributed by atoms with Gasteiger partial charge in [0.2, 0.25) is 0 Å². The first-order valence-corrected chi connectivity index (χ1v) is 9.70. The summed E-state index contributed by atoms with van der Waals surface area (Å²) in [6.07, 6.45) is -3.79. The molecular weight excluding hydrogens is 411 g/mol. The first-order chi connectivity index (χ1) is 14.3. The number of fused-ring (bicyclic) bond motifs is 2. The standard InChI is InChI=1S/C22H20F3N3O3/c1-21(2)9-13-16(14(29)10-21)15(11-5-7-12(8-6-11)22(23,24)25)17-18(26-13)27(3)20(31)28(4)19(17)30/h5-8H,9-10H2,1-4H3/p+1. The third kappa shape index (κ3) is 3.28. The Morgan fingerprint density at radius 2 is 1.55 bits per heavy atom. The quantitative estimate of drug-likeness (QED) is 0.594. The Labute approximate surface area is 175 Å². The van der Waals surface area contributed by atoms with Crippen LogP contribution in [0.25, 0.3) is 22.2 Å².